The van der Waals surface area contributed by atoms with Crippen molar-refractivity contribution in [2.45, 2.75) is 20.3 Å². The predicted octanol–water partition coefficient (Wildman–Crippen LogP) is 4.79. The van der Waals surface area contributed by atoms with Gasteiger partial charge in [0, 0.05) is 5.69 Å². The van der Waals surface area contributed by atoms with Crippen LogP contribution >= 0.6 is 0 Å². The van der Waals surface area contributed by atoms with Gasteiger partial charge in [0.1, 0.15) is 0 Å². The maximum Gasteiger partial charge on any atom is 0.337 e. The van der Waals surface area contributed by atoms with E-state index in [1.165, 1.54) is 12.7 Å². The van der Waals surface area contributed by atoms with E-state index < -0.39 is 5.97 Å². The molecular weight excluding hydrogens is 390 g/mol. The first kappa shape index (κ1) is 20.3. The van der Waals surface area contributed by atoms with Crippen molar-refractivity contribution in [1.82, 2.24) is 9.55 Å². The number of ether oxygens (including phenoxy) is 1. The van der Waals surface area contributed by atoms with E-state index in [1.807, 2.05) is 55.5 Å². The highest BCUT2D eigenvalue weighted by Crippen LogP contribution is 2.22. The Morgan fingerprint density at radius 2 is 1.74 bits per heavy atom. The fourth-order valence-electron chi connectivity index (χ4n) is 3.40. The molecule has 0 saturated heterocycles. The Hall–Kier alpha value is -3.93. The number of hydrogen-bond donors (Lipinski definition) is 1. The van der Waals surface area contributed by atoms with Crippen molar-refractivity contribution in [3.05, 3.63) is 93.8 Å². The van der Waals surface area contributed by atoms with Gasteiger partial charge in [-0.1, -0.05) is 36.8 Å². The summed E-state index contributed by atoms with van der Waals surface area (Å²) in [5.74, 6) is -0.108. The second kappa shape index (κ2) is 8.44. The number of carbonyl (C=O) groups is 1. The number of methoxy groups -OCH3 is 1. The van der Waals surface area contributed by atoms with Gasteiger partial charge in [0.05, 0.1) is 29.3 Å². The van der Waals surface area contributed by atoms with E-state index in [1.54, 1.807) is 22.8 Å². The highest BCUT2D eigenvalue weighted by molar-refractivity contribution is 5.94. The molecule has 1 heterocycles. The number of aryl methyl sites for hydroxylation is 2. The van der Waals surface area contributed by atoms with Gasteiger partial charge in [-0.15, -0.1) is 0 Å². The molecule has 4 rings (SSSR count). The molecule has 0 amide bonds. The van der Waals surface area contributed by atoms with Crippen LogP contribution in [0.25, 0.3) is 16.6 Å². The van der Waals surface area contributed by atoms with E-state index >= 15 is 0 Å². The molecule has 0 aliphatic carbocycles. The third-order valence-electron chi connectivity index (χ3n) is 5.20. The molecule has 0 radical (unpaired) electrons. The first-order valence-electron chi connectivity index (χ1n) is 10.1. The summed E-state index contributed by atoms with van der Waals surface area (Å²) in [6, 6.07) is 20.4. The Bertz CT molecular complexity index is 1310. The van der Waals surface area contributed by atoms with Crippen molar-refractivity contribution in [1.29, 1.82) is 0 Å². The molecule has 156 valence electrons. The number of aromatic nitrogens is 2. The fourth-order valence-corrected chi connectivity index (χ4v) is 3.40. The predicted molar refractivity (Wildman–Crippen MR) is 123 cm³/mol. The van der Waals surface area contributed by atoms with Crippen molar-refractivity contribution >= 4 is 28.5 Å². The van der Waals surface area contributed by atoms with Crippen LogP contribution < -0.4 is 10.9 Å². The minimum absolute atomic E-state index is 0.224. The Labute approximate surface area is 180 Å². The van der Waals surface area contributed by atoms with Crippen LogP contribution in [0.3, 0.4) is 0 Å². The zero-order chi connectivity index (χ0) is 22.0. The molecule has 0 aliphatic rings. The van der Waals surface area contributed by atoms with E-state index in [-0.39, 0.29) is 5.56 Å². The molecule has 0 spiro atoms. The fraction of sp³-hybridized carbons (Fsp3) is 0.160. The number of nitrogens with one attached hydrogen (secondary N) is 1. The number of rotatable bonds is 5. The lowest BCUT2D eigenvalue weighted by molar-refractivity contribution is 0.0601. The normalized spacial score (nSPS) is 10.8. The van der Waals surface area contributed by atoms with Gasteiger partial charge >= 0.3 is 5.97 Å². The Morgan fingerprint density at radius 3 is 2.39 bits per heavy atom. The van der Waals surface area contributed by atoms with Crippen LogP contribution in [0.15, 0.2) is 71.5 Å². The highest BCUT2D eigenvalue weighted by atomic mass is 16.5. The summed E-state index contributed by atoms with van der Waals surface area (Å²) in [6.45, 7) is 4.09. The summed E-state index contributed by atoms with van der Waals surface area (Å²) in [7, 11) is 1.32. The topological polar surface area (TPSA) is 73.2 Å². The lowest BCUT2D eigenvalue weighted by Gasteiger charge is -2.16. The number of esters is 1. The zero-order valence-electron chi connectivity index (χ0n) is 17.7. The molecule has 6 heteroatoms. The molecule has 31 heavy (non-hydrogen) atoms. The summed E-state index contributed by atoms with van der Waals surface area (Å²) in [5.41, 5.74) is 4.37. The number of nitrogens with zero attached hydrogens (tertiary/aromatic N) is 2. The summed E-state index contributed by atoms with van der Waals surface area (Å²) in [4.78, 5) is 30.1. The molecule has 0 unspecified atom stereocenters. The van der Waals surface area contributed by atoms with Gasteiger partial charge < -0.3 is 10.1 Å². The van der Waals surface area contributed by atoms with E-state index in [0.717, 1.165) is 17.7 Å². The first-order chi connectivity index (χ1) is 15.0. The third-order valence-corrected chi connectivity index (χ3v) is 5.20. The van der Waals surface area contributed by atoms with Crippen molar-refractivity contribution in [2.24, 2.45) is 0 Å². The Morgan fingerprint density at radius 1 is 1.03 bits per heavy atom. The van der Waals surface area contributed by atoms with E-state index in [2.05, 4.69) is 12.2 Å². The SMILES string of the molecule is CCc1ccc(Nc2nc3cc(C(=O)OC)ccc3c(=O)n2-c2ccc(C)cc2)cc1. The molecule has 0 bridgehead atoms. The second-order valence-electron chi connectivity index (χ2n) is 7.31. The molecule has 0 aliphatic heterocycles. The van der Waals surface area contributed by atoms with Crippen LogP contribution in [0.5, 0.6) is 0 Å². The number of carbonyl (C=O) groups excluding carboxylic acids is 1. The van der Waals surface area contributed by atoms with Crippen LogP contribution in [-0.2, 0) is 11.2 Å². The molecule has 4 aromatic rings. The molecular formula is C25H23N3O3. The standard InChI is InChI=1S/C25H23N3O3/c1-4-17-7-10-19(11-8-17)26-25-27-22-15-18(24(30)31-3)9-14-21(22)23(29)28(25)20-12-5-16(2)6-13-20/h5-15H,4H2,1-3H3,(H,26,27). The van der Waals surface area contributed by atoms with Crippen LogP contribution in [0.4, 0.5) is 11.6 Å². The van der Waals surface area contributed by atoms with Crippen molar-refractivity contribution in [3.63, 3.8) is 0 Å². The van der Waals surface area contributed by atoms with Gasteiger partial charge in [0.15, 0.2) is 0 Å². The van der Waals surface area contributed by atoms with Crippen LogP contribution in [0.1, 0.15) is 28.4 Å². The molecule has 0 saturated carbocycles. The van der Waals surface area contributed by atoms with Gasteiger partial charge in [0.25, 0.3) is 5.56 Å². The number of fused-ring (bicyclic) bond motifs is 1. The minimum atomic E-state index is -0.476. The molecule has 6 nitrogen and oxygen atoms in total. The van der Waals surface area contributed by atoms with Crippen molar-refractivity contribution < 1.29 is 9.53 Å². The van der Waals surface area contributed by atoms with E-state index in [0.29, 0.717) is 28.1 Å². The summed E-state index contributed by atoms with van der Waals surface area (Å²) in [5, 5.41) is 3.69. The molecule has 1 N–H and O–H groups in total. The lowest BCUT2D eigenvalue weighted by atomic mass is 10.1. The summed E-state index contributed by atoms with van der Waals surface area (Å²) < 4.78 is 6.35. The molecule has 1 aromatic heterocycles. The average molecular weight is 413 g/mol. The number of hydrogen-bond acceptors (Lipinski definition) is 5. The average Bonchev–Trinajstić information content (AvgIpc) is 2.80. The van der Waals surface area contributed by atoms with Crippen LogP contribution in [0, 0.1) is 6.92 Å². The molecule has 0 atom stereocenters. The summed E-state index contributed by atoms with van der Waals surface area (Å²) >= 11 is 0. The first-order valence-corrected chi connectivity index (χ1v) is 10.1. The quantitative estimate of drug-likeness (QED) is 0.477. The van der Waals surface area contributed by atoms with Gasteiger partial charge in [-0.05, 0) is 61.4 Å². The zero-order valence-corrected chi connectivity index (χ0v) is 17.7. The largest absolute Gasteiger partial charge is 0.465 e. The maximum atomic E-state index is 13.4. The van der Waals surface area contributed by atoms with Crippen molar-refractivity contribution in [2.75, 3.05) is 12.4 Å². The van der Waals surface area contributed by atoms with Crippen LogP contribution in [0.2, 0.25) is 0 Å². The summed E-state index contributed by atoms with van der Waals surface area (Å²) in [6.07, 6.45) is 0.943. The minimum Gasteiger partial charge on any atom is -0.465 e. The maximum absolute atomic E-state index is 13.4. The van der Waals surface area contributed by atoms with Gasteiger partial charge in [-0.3, -0.25) is 4.79 Å². The second-order valence-corrected chi connectivity index (χ2v) is 7.31. The Kier molecular flexibility index (Phi) is 5.54. The molecule has 3 aromatic carbocycles. The number of benzene rings is 3. The van der Waals surface area contributed by atoms with Crippen LogP contribution in [-0.4, -0.2) is 22.6 Å². The number of anilines is 2. The van der Waals surface area contributed by atoms with E-state index in [4.69, 9.17) is 9.72 Å². The highest BCUT2D eigenvalue weighted by Gasteiger charge is 2.15. The van der Waals surface area contributed by atoms with Gasteiger partial charge in [-0.25, -0.2) is 14.3 Å². The Balaban J connectivity index is 1.92. The third kappa shape index (κ3) is 4.05. The van der Waals surface area contributed by atoms with Gasteiger partial charge in [-0.2, -0.15) is 0 Å². The lowest BCUT2D eigenvalue weighted by Crippen LogP contribution is -2.23. The molecule has 0 fully saturated rings. The van der Waals surface area contributed by atoms with Crippen molar-refractivity contribution in [3.8, 4) is 5.69 Å². The monoisotopic (exact) mass is 413 g/mol. The van der Waals surface area contributed by atoms with Gasteiger partial charge in [0.2, 0.25) is 5.95 Å². The smallest absolute Gasteiger partial charge is 0.337 e. The van der Waals surface area contributed by atoms with E-state index in [9.17, 15) is 9.59 Å².